The summed E-state index contributed by atoms with van der Waals surface area (Å²) in [6, 6.07) is 10.7. The van der Waals surface area contributed by atoms with Crippen molar-refractivity contribution in [2.24, 2.45) is 0 Å². The Balaban J connectivity index is 1.42. The molecule has 0 spiro atoms. The van der Waals surface area contributed by atoms with E-state index >= 15 is 0 Å². The van der Waals surface area contributed by atoms with E-state index in [0.717, 1.165) is 23.3 Å². The fraction of sp³-hybridized carbons (Fsp3) is 0.519. The van der Waals surface area contributed by atoms with Crippen molar-refractivity contribution in [3.05, 3.63) is 53.6 Å². The molecule has 5 rings (SSSR count). The monoisotopic (exact) mass is 534 g/mol. The van der Waals surface area contributed by atoms with Crippen molar-refractivity contribution in [1.82, 2.24) is 9.21 Å². The molecular formula is C27H32F2N2O5S. The lowest BCUT2D eigenvalue weighted by Crippen LogP contribution is -2.52. The molecule has 2 aliphatic heterocycles. The predicted molar refractivity (Wildman–Crippen MR) is 133 cm³/mol. The predicted octanol–water partition coefficient (Wildman–Crippen LogP) is 4.39. The van der Waals surface area contributed by atoms with Crippen molar-refractivity contribution in [3.8, 4) is 11.5 Å². The lowest BCUT2D eigenvalue weighted by atomic mass is 9.90. The average Bonchev–Trinajstić information content (AvgIpc) is 3.57. The summed E-state index contributed by atoms with van der Waals surface area (Å²) in [6.45, 7) is 1.06. The van der Waals surface area contributed by atoms with Gasteiger partial charge in [-0.25, -0.2) is 17.2 Å². The lowest BCUT2D eigenvalue weighted by molar-refractivity contribution is -0.141. The smallest absolute Gasteiger partial charge is 0.248 e. The number of fused-ring (bicyclic) bond motifs is 1. The number of nitrogens with zero attached hydrogens (tertiary/aromatic N) is 2. The Hall–Kier alpha value is -2.72. The first-order valence-corrected chi connectivity index (χ1v) is 14.2. The van der Waals surface area contributed by atoms with Gasteiger partial charge in [0.05, 0.1) is 18.6 Å². The quantitative estimate of drug-likeness (QED) is 0.527. The molecule has 7 nitrogen and oxygen atoms in total. The zero-order valence-electron chi connectivity index (χ0n) is 20.9. The van der Waals surface area contributed by atoms with Crippen LogP contribution in [0, 0.1) is 0 Å². The van der Waals surface area contributed by atoms with E-state index in [0.29, 0.717) is 25.2 Å². The Morgan fingerprint density at radius 1 is 1.14 bits per heavy atom. The third kappa shape index (κ3) is 5.31. The third-order valence-corrected chi connectivity index (χ3v) is 9.60. The number of ether oxygens (including phenoxy) is 2. The normalized spacial score (nSPS) is 21.9. The van der Waals surface area contributed by atoms with Gasteiger partial charge in [-0.15, -0.1) is 0 Å². The van der Waals surface area contributed by atoms with Crippen molar-refractivity contribution in [3.63, 3.8) is 0 Å². The maximum Gasteiger partial charge on any atom is 0.248 e. The van der Waals surface area contributed by atoms with E-state index in [-0.39, 0.29) is 55.6 Å². The molecule has 0 unspecified atom stereocenters. The first-order chi connectivity index (χ1) is 17.7. The molecule has 0 bridgehead atoms. The molecule has 1 amide bonds. The molecule has 2 fully saturated rings. The number of methoxy groups -OCH3 is 1. The SMILES string of the molecule is COc1ccc(S(=O)(=O)N2CCC[C@H]2C(=O)N(Cc2ccc3c(c2)OCC3)C2CCC(F)(F)CC2)cc1. The molecule has 37 heavy (non-hydrogen) atoms. The standard InChI is InChI=1S/C27H32F2N2O5S/c1-35-22-6-8-23(9-7-22)37(33,34)31-15-2-3-24(31)26(32)30(21-10-13-27(28,29)14-11-21)18-19-4-5-20-12-16-36-25(20)17-19/h4-9,17,21,24H,2-3,10-16,18H2,1H3/t24-/m0/s1. The van der Waals surface area contributed by atoms with Crippen LogP contribution in [-0.4, -0.2) is 61.8 Å². The number of carbonyl (C=O) groups excluding carboxylic acids is 1. The number of alkyl halides is 2. The molecule has 2 heterocycles. The van der Waals surface area contributed by atoms with E-state index in [2.05, 4.69) is 0 Å². The highest BCUT2D eigenvalue weighted by molar-refractivity contribution is 7.89. The summed E-state index contributed by atoms with van der Waals surface area (Å²) in [5.41, 5.74) is 1.94. The number of amides is 1. The van der Waals surface area contributed by atoms with Crippen LogP contribution in [0.4, 0.5) is 8.78 Å². The highest BCUT2D eigenvalue weighted by Crippen LogP contribution is 2.37. The first-order valence-electron chi connectivity index (χ1n) is 12.8. The Morgan fingerprint density at radius 3 is 2.57 bits per heavy atom. The van der Waals surface area contributed by atoms with E-state index in [4.69, 9.17) is 9.47 Å². The number of hydrogen-bond acceptors (Lipinski definition) is 5. The summed E-state index contributed by atoms with van der Waals surface area (Å²) >= 11 is 0. The van der Waals surface area contributed by atoms with Gasteiger partial charge in [0.25, 0.3) is 0 Å². The van der Waals surface area contributed by atoms with Crippen LogP contribution < -0.4 is 9.47 Å². The number of rotatable bonds is 7. The number of halogens is 2. The molecule has 1 saturated carbocycles. The fourth-order valence-corrected chi connectivity index (χ4v) is 7.23. The van der Waals surface area contributed by atoms with E-state index in [9.17, 15) is 22.0 Å². The van der Waals surface area contributed by atoms with Crippen LogP contribution in [0.2, 0.25) is 0 Å². The molecule has 1 atom stereocenters. The molecule has 10 heteroatoms. The number of benzene rings is 2. The van der Waals surface area contributed by atoms with Gasteiger partial charge in [0.15, 0.2) is 0 Å². The van der Waals surface area contributed by atoms with Crippen molar-refractivity contribution in [1.29, 1.82) is 0 Å². The van der Waals surface area contributed by atoms with Crippen LogP contribution in [0.3, 0.4) is 0 Å². The Kier molecular flexibility index (Phi) is 7.15. The van der Waals surface area contributed by atoms with Crippen LogP contribution in [-0.2, 0) is 27.8 Å². The summed E-state index contributed by atoms with van der Waals surface area (Å²) < 4.78 is 67.0. The minimum Gasteiger partial charge on any atom is -0.497 e. The van der Waals surface area contributed by atoms with E-state index in [1.165, 1.54) is 23.5 Å². The highest BCUT2D eigenvalue weighted by atomic mass is 32.2. The molecule has 0 aromatic heterocycles. The van der Waals surface area contributed by atoms with E-state index in [1.54, 1.807) is 17.0 Å². The van der Waals surface area contributed by atoms with Crippen LogP contribution in [0.5, 0.6) is 11.5 Å². The average molecular weight is 535 g/mol. The fourth-order valence-electron chi connectivity index (χ4n) is 5.58. The molecule has 1 aliphatic carbocycles. The van der Waals surface area contributed by atoms with Crippen molar-refractivity contribution < 1.29 is 31.5 Å². The molecule has 3 aliphatic rings. The molecule has 1 saturated heterocycles. The van der Waals surface area contributed by atoms with Gasteiger partial charge in [0.1, 0.15) is 17.5 Å². The van der Waals surface area contributed by atoms with Gasteiger partial charge in [0, 0.05) is 38.4 Å². The second-order valence-corrected chi connectivity index (χ2v) is 11.9. The molecule has 2 aromatic carbocycles. The van der Waals surface area contributed by atoms with Crippen LogP contribution in [0.25, 0.3) is 0 Å². The number of sulfonamides is 1. The van der Waals surface area contributed by atoms with E-state index in [1.807, 2.05) is 18.2 Å². The van der Waals surface area contributed by atoms with Gasteiger partial charge >= 0.3 is 0 Å². The number of carbonyl (C=O) groups is 1. The largest absolute Gasteiger partial charge is 0.497 e. The summed E-state index contributed by atoms with van der Waals surface area (Å²) in [5, 5.41) is 0. The Morgan fingerprint density at radius 2 is 1.86 bits per heavy atom. The van der Waals surface area contributed by atoms with Gasteiger partial charge in [-0.05, 0) is 67.1 Å². The second-order valence-electron chi connectivity index (χ2n) is 10.0. The molecule has 0 radical (unpaired) electrons. The van der Waals surface area contributed by atoms with Gasteiger partial charge in [-0.2, -0.15) is 4.31 Å². The minimum absolute atomic E-state index is 0.0904. The first kappa shape index (κ1) is 25.9. The van der Waals surface area contributed by atoms with Crippen molar-refractivity contribution >= 4 is 15.9 Å². The topological polar surface area (TPSA) is 76.2 Å². The zero-order valence-corrected chi connectivity index (χ0v) is 21.7. The molecular weight excluding hydrogens is 502 g/mol. The van der Waals surface area contributed by atoms with E-state index < -0.39 is 22.0 Å². The van der Waals surface area contributed by atoms with Gasteiger partial charge in [0.2, 0.25) is 21.9 Å². The van der Waals surface area contributed by atoms with Crippen LogP contribution in [0.15, 0.2) is 47.4 Å². The Bertz CT molecular complexity index is 1240. The molecule has 0 N–H and O–H groups in total. The number of hydrogen-bond donors (Lipinski definition) is 0. The maximum absolute atomic E-state index is 14.0. The summed E-state index contributed by atoms with van der Waals surface area (Å²) in [7, 11) is -2.43. The summed E-state index contributed by atoms with van der Waals surface area (Å²) in [5.74, 6) is -1.74. The Labute approximate surface area is 216 Å². The summed E-state index contributed by atoms with van der Waals surface area (Å²) in [6.07, 6.45) is 1.56. The summed E-state index contributed by atoms with van der Waals surface area (Å²) in [4.78, 5) is 15.7. The van der Waals surface area contributed by atoms with Crippen molar-refractivity contribution in [2.75, 3.05) is 20.3 Å². The molecule has 200 valence electrons. The van der Waals surface area contributed by atoms with Crippen molar-refractivity contribution in [2.45, 2.75) is 74.4 Å². The minimum atomic E-state index is -3.93. The lowest BCUT2D eigenvalue weighted by Gasteiger charge is -2.39. The highest BCUT2D eigenvalue weighted by Gasteiger charge is 2.44. The van der Waals surface area contributed by atoms with Crippen LogP contribution in [0.1, 0.15) is 49.7 Å². The van der Waals surface area contributed by atoms with Gasteiger partial charge < -0.3 is 14.4 Å². The third-order valence-electron chi connectivity index (χ3n) is 7.68. The molecule has 2 aromatic rings. The second kappa shape index (κ2) is 10.2. The maximum atomic E-state index is 14.0. The zero-order chi connectivity index (χ0) is 26.2. The van der Waals surface area contributed by atoms with Crippen LogP contribution >= 0.6 is 0 Å². The van der Waals surface area contributed by atoms with Gasteiger partial charge in [-0.3, -0.25) is 4.79 Å². The van der Waals surface area contributed by atoms with Gasteiger partial charge in [-0.1, -0.05) is 12.1 Å².